The number of carbonyl (C=O) groups excluding carboxylic acids is 1. The molecule has 1 saturated carbocycles. The second kappa shape index (κ2) is 9.79. The second-order valence-electron chi connectivity index (χ2n) is 8.35. The predicted molar refractivity (Wildman–Crippen MR) is 132 cm³/mol. The zero-order valence-corrected chi connectivity index (χ0v) is 20.5. The average Bonchev–Trinajstić information content (AvgIpc) is 3.41. The van der Waals surface area contributed by atoms with Crippen LogP contribution in [-0.2, 0) is 0 Å². The summed E-state index contributed by atoms with van der Waals surface area (Å²) in [6.07, 6.45) is 4.07. The number of amides is 2. The summed E-state index contributed by atoms with van der Waals surface area (Å²) in [6, 6.07) is 5.26. The molecule has 0 atom stereocenters. The van der Waals surface area contributed by atoms with Gasteiger partial charge in [0.25, 0.3) is 5.89 Å². The van der Waals surface area contributed by atoms with E-state index in [0.29, 0.717) is 48.2 Å². The van der Waals surface area contributed by atoms with Crippen LogP contribution in [0.15, 0.2) is 34.2 Å². The first kappa shape index (κ1) is 22.9. The number of pyridine rings is 2. The van der Waals surface area contributed by atoms with Crippen molar-refractivity contribution >= 4 is 23.2 Å². The lowest BCUT2D eigenvalue weighted by atomic mass is 10.0. The largest absolute Gasteiger partial charge is 0.477 e. The molecule has 0 unspecified atom stereocenters. The number of anilines is 1. The van der Waals surface area contributed by atoms with Gasteiger partial charge in [-0.25, -0.2) is 19.7 Å². The molecule has 35 heavy (non-hydrogen) atoms. The van der Waals surface area contributed by atoms with Crippen molar-refractivity contribution in [2.24, 2.45) is 5.92 Å². The quantitative estimate of drug-likeness (QED) is 0.357. The summed E-state index contributed by atoms with van der Waals surface area (Å²) in [5.41, 5.74) is 3.89. The number of nitrogens with zero attached hydrogens (tertiary/aromatic N) is 5. The molecular weight excluding hydrogens is 466 g/mol. The van der Waals surface area contributed by atoms with Crippen LogP contribution in [0, 0.1) is 19.8 Å². The smallest absolute Gasteiger partial charge is 0.320 e. The number of ether oxygens (including phenoxy) is 1. The van der Waals surface area contributed by atoms with E-state index < -0.39 is 0 Å². The zero-order valence-electron chi connectivity index (χ0n) is 19.7. The number of aromatic nitrogens is 5. The van der Waals surface area contributed by atoms with Crippen LogP contribution in [0.3, 0.4) is 0 Å². The van der Waals surface area contributed by atoms with Gasteiger partial charge in [0, 0.05) is 47.9 Å². The van der Waals surface area contributed by atoms with Gasteiger partial charge in [-0.1, -0.05) is 0 Å². The molecule has 0 spiro atoms. The maximum absolute atomic E-state index is 12.1. The van der Waals surface area contributed by atoms with Crippen molar-refractivity contribution in [2.75, 3.05) is 18.5 Å². The van der Waals surface area contributed by atoms with Gasteiger partial charge in [-0.05, 0) is 50.3 Å². The van der Waals surface area contributed by atoms with Crippen molar-refractivity contribution < 1.29 is 13.9 Å². The number of hydrogen-bond donors (Lipinski definition) is 2. The number of nitrogens with one attached hydrogen (secondary N) is 2. The Bertz CT molecular complexity index is 1360. The van der Waals surface area contributed by atoms with Crippen LogP contribution in [0.1, 0.15) is 31.4 Å². The van der Waals surface area contributed by atoms with E-state index in [4.69, 9.17) is 9.15 Å². The minimum absolute atomic E-state index is 0.315. The monoisotopic (exact) mass is 491 g/mol. The van der Waals surface area contributed by atoms with Crippen LogP contribution >= 0.6 is 11.3 Å². The number of urea groups is 1. The number of thiazole rings is 1. The SMILES string of the molecule is CCNC(=O)Nc1cc(-c2nc(C)cs2)c(-c2cc(OCC3CC3)nc(-c3nnc(C)o3)c2)cn1. The van der Waals surface area contributed by atoms with Gasteiger partial charge in [-0.3, -0.25) is 5.32 Å². The molecule has 180 valence electrons. The fourth-order valence-corrected chi connectivity index (χ4v) is 4.29. The van der Waals surface area contributed by atoms with Crippen LogP contribution in [0.25, 0.3) is 33.3 Å². The molecule has 0 aliphatic heterocycles. The third-order valence-electron chi connectivity index (χ3n) is 5.35. The molecule has 11 heteroatoms. The Kier molecular flexibility index (Phi) is 6.41. The number of carbonyl (C=O) groups is 1. The molecule has 4 aromatic rings. The van der Waals surface area contributed by atoms with Gasteiger partial charge in [0.2, 0.25) is 11.8 Å². The molecule has 0 saturated heterocycles. The van der Waals surface area contributed by atoms with E-state index in [1.165, 1.54) is 24.2 Å². The molecule has 5 rings (SSSR count). The number of rotatable bonds is 8. The molecule has 10 nitrogen and oxygen atoms in total. The van der Waals surface area contributed by atoms with E-state index >= 15 is 0 Å². The van der Waals surface area contributed by atoms with E-state index in [1.807, 2.05) is 37.4 Å². The van der Waals surface area contributed by atoms with Gasteiger partial charge in [0.15, 0.2) is 0 Å². The molecule has 2 N–H and O–H groups in total. The van der Waals surface area contributed by atoms with E-state index in [-0.39, 0.29) is 6.03 Å². The highest BCUT2D eigenvalue weighted by molar-refractivity contribution is 7.13. The Morgan fingerprint density at radius 1 is 1.17 bits per heavy atom. The van der Waals surface area contributed by atoms with Crippen molar-refractivity contribution in [1.29, 1.82) is 0 Å². The van der Waals surface area contributed by atoms with Crippen molar-refractivity contribution in [3.05, 3.63) is 41.4 Å². The first-order chi connectivity index (χ1) is 17.0. The molecule has 0 aromatic carbocycles. The number of aryl methyl sites for hydroxylation is 2. The average molecular weight is 492 g/mol. The van der Waals surface area contributed by atoms with Gasteiger partial charge >= 0.3 is 6.03 Å². The molecular formula is C24H25N7O3S. The molecule has 1 fully saturated rings. The zero-order chi connectivity index (χ0) is 24.4. The molecule has 0 radical (unpaired) electrons. The lowest BCUT2D eigenvalue weighted by molar-refractivity contribution is 0.252. The summed E-state index contributed by atoms with van der Waals surface area (Å²) in [6.45, 7) is 6.67. The molecule has 0 bridgehead atoms. The van der Waals surface area contributed by atoms with Crippen molar-refractivity contribution in [3.8, 4) is 39.2 Å². The fourth-order valence-electron chi connectivity index (χ4n) is 3.46. The summed E-state index contributed by atoms with van der Waals surface area (Å²) < 4.78 is 11.7. The Labute approximate surface area is 206 Å². The van der Waals surface area contributed by atoms with Crippen molar-refractivity contribution in [3.63, 3.8) is 0 Å². The van der Waals surface area contributed by atoms with Crippen LogP contribution in [-0.4, -0.2) is 44.3 Å². The van der Waals surface area contributed by atoms with Crippen LogP contribution in [0.4, 0.5) is 10.6 Å². The maximum atomic E-state index is 12.1. The third-order valence-corrected chi connectivity index (χ3v) is 6.35. The normalized spacial score (nSPS) is 13.0. The summed E-state index contributed by atoms with van der Waals surface area (Å²) in [5, 5.41) is 16.4. The van der Waals surface area contributed by atoms with Gasteiger partial charge in [0.1, 0.15) is 16.5 Å². The molecule has 4 aromatic heterocycles. The minimum Gasteiger partial charge on any atom is -0.477 e. The first-order valence-electron chi connectivity index (χ1n) is 11.4. The standard InChI is InChI=1S/C24H25N7O3S/c1-4-25-24(32)29-20-9-17(23-27-13(2)12-35-23)18(10-26-20)16-7-19(22-31-30-14(3)34-22)28-21(8-16)33-11-15-5-6-15/h7-10,12,15H,4-6,11H2,1-3H3,(H2,25,26,29,32). The Balaban J connectivity index is 1.59. The van der Waals surface area contributed by atoms with Gasteiger partial charge in [-0.2, -0.15) is 0 Å². The van der Waals surface area contributed by atoms with Crippen molar-refractivity contribution in [2.45, 2.75) is 33.6 Å². The highest BCUT2D eigenvalue weighted by Crippen LogP contribution is 2.38. The van der Waals surface area contributed by atoms with Crippen molar-refractivity contribution in [1.82, 2.24) is 30.5 Å². The second-order valence-corrected chi connectivity index (χ2v) is 9.21. The third kappa shape index (κ3) is 5.46. The summed E-state index contributed by atoms with van der Waals surface area (Å²) >= 11 is 1.52. The lowest BCUT2D eigenvalue weighted by Gasteiger charge is -2.13. The molecule has 4 heterocycles. The minimum atomic E-state index is -0.317. The molecule has 2 amide bonds. The predicted octanol–water partition coefficient (Wildman–Crippen LogP) is 4.86. The highest BCUT2D eigenvalue weighted by Gasteiger charge is 2.23. The molecule has 1 aliphatic rings. The van der Waals surface area contributed by atoms with Crippen LogP contribution in [0.5, 0.6) is 5.88 Å². The summed E-state index contributed by atoms with van der Waals surface area (Å²) in [5.74, 6) is 2.24. The van der Waals surface area contributed by atoms with Gasteiger partial charge < -0.3 is 14.5 Å². The Morgan fingerprint density at radius 3 is 2.71 bits per heavy atom. The van der Waals surface area contributed by atoms with Crippen LogP contribution in [0.2, 0.25) is 0 Å². The Hall–Kier alpha value is -3.86. The maximum Gasteiger partial charge on any atom is 0.320 e. The summed E-state index contributed by atoms with van der Waals surface area (Å²) in [4.78, 5) is 25.8. The van der Waals surface area contributed by atoms with Crippen LogP contribution < -0.4 is 15.4 Å². The lowest BCUT2D eigenvalue weighted by Crippen LogP contribution is -2.28. The highest BCUT2D eigenvalue weighted by atomic mass is 32.1. The van der Waals surface area contributed by atoms with Gasteiger partial charge in [-0.15, -0.1) is 21.5 Å². The van der Waals surface area contributed by atoms with Gasteiger partial charge in [0.05, 0.1) is 6.61 Å². The fraction of sp³-hybridized carbons (Fsp3) is 0.333. The first-order valence-corrected chi connectivity index (χ1v) is 12.3. The Morgan fingerprint density at radius 2 is 2.03 bits per heavy atom. The molecule has 1 aliphatic carbocycles. The van der Waals surface area contributed by atoms with E-state index in [9.17, 15) is 4.79 Å². The van der Waals surface area contributed by atoms with E-state index in [2.05, 4.69) is 35.8 Å². The number of hydrogen-bond acceptors (Lipinski definition) is 9. The van der Waals surface area contributed by atoms with E-state index in [0.717, 1.165) is 27.4 Å². The topological polar surface area (TPSA) is 128 Å². The van der Waals surface area contributed by atoms with E-state index in [1.54, 1.807) is 13.1 Å². The summed E-state index contributed by atoms with van der Waals surface area (Å²) in [7, 11) is 0.